The zero-order valence-corrected chi connectivity index (χ0v) is 13.3. The van der Waals surface area contributed by atoms with Crippen LogP contribution in [0.5, 0.6) is 0 Å². The number of anilines is 2. The van der Waals surface area contributed by atoms with Crippen LogP contribution in [0.4, 0.5) is 11.4 Å². The number of aliphatic carboxylic acids is 1. The Morgan fingerprint density at radius 2 is 2.00 bits per heavy atom. The molecule has 1 aromatic carbocycles. The Labute approximate surface area is 130 Å². The molecule has 0 radical (unpaired) electrons. The molecule has 0 aliphatic carbocycles. The predicted molar refractivity (Wildman–Crippen MR) is 87.1 cm³/mol. The molecular weight excluding hydrogens is 280 g/mol. The van der Waals surface area contributed by atoms with Crippen molar-refractivity contribution in [3.63, 3.8) is 0 Å². The average molecular weight is 302 g/mol. The molecule has 22 heavy (non-hydrogen) atoms. The number of likely N-dealkylation sites (N-methyl/N-ethyl adjacent to an activating group) is 1. The Morgan fingerprint density at radius 3 is 2.64 bits per heavy atom. The first-order valence-electron chi connectivity index (χ1n) is 7.32. The van der Waals surface area contributed by atoms with E-state index in [0.717, 1.165) is 22.6 Å². The molecule has 1 aliphatic rings. The molecular formula is C17H22N2O3. The monoisotopic (exact) mass is 302 g/mol. The molecule has 0 fully saturated rings. The first-order chi connectivity index (χ1) is 10.2. The highest BCUT2D eigenvalue weighted by molar-refractivity contribution is 5.91. The summed E-state index contributed by atoms with van der Waals surface area (Å²) in [6, 6.07) is 5.81. The highest BCUT2D eigenvalue weighted by Gasteiger charge is 2.37. The van der Waals surface area contributed by atoms with E-state index in [1.165, 1.54) is 0 Å². The number of hydrogen-bond donors (Lipinski definition) is 2. The minimum absolute atomic E-state index is 0.00918. The van der Waals surface area contributed by atoms with Gasteiger partial charge in [-0.05, 0) is 30.2 Å². The molecule has 0 aromatic heterocycles. The van der Waals surface area contributed by atoms with Crippen molar-refractivity contribution in [3.05, 3.63) is 36.0 Å². The molecule has 2 rings (SSSR count). The SMILES string of the molecule is C=C1N(C)c2ccc(NC(=O)CCCC(=O)O)cc2C1(C)C. The number of hydrogen-bond acceptors (Lipinski definition) is 3. The van der Waals surface area contributed by atoms with Crippen LogP contribution in [0.3, 0.4) is 0 Å². The number of fused-ring (bicyclic) bond motifs is 1. The Kier molecular flexibility index (Phi) is 4.26. The third-order valence-corrected chi connectivity index (χ3v) is 4.24. The Bertz CT molecular complexity index is 635. The summed E-state index contributed by atoms with van der Waals surface area (Å²) in [7, 11) is 1.99. The van der Waals surface area contributed by atoms with Crippen molar-refractivity contribution in [2.24, 2.45) is 0 Å². The summed E-state index contributed by atoms with van der Waals surface area (Å²) in [5.41, 5.74) is 3.80. The lowest BCUT2D eigenvalue weighted by Gasteiger charge is -2.22. The predicted octanol–water partition coefficient (Wildman–Crippen LogP) is 3.12. The number of amides is 1. The van der Waals surface area contributed by atoms with E-state index < -0.39 is 5.97 Å². The van der Waals surface area contributed by atoms with Gasteiger partial charge in [0, 0.05) is 42.4 Å². The van der Waals surface area contributed by atoms with E-state index >= 15 is 0 Å². The maximum Gasteiger partial charge on any atom is 0.303 e. The molecule has 0 unspecified atom stereocenters. The van der Waals surface area contributed by atoms with Gasteiger partial charge in [0.05, 0.1) is 0 Å². The molecule has 0 bridgehead atoms. The molecule has 2 N–H and O–H groups in total. The fourth-order valence-corrected chi connectivity index (χ4v) is 2.75. The van der Waals surface area contributed by atoms with Gasteiger partial charge < -0.3 is 15.3 Å². The van der Waals surface area contributed by atoms with Gasteiger partial charge in [-0.1, -0.05) is 20.4 Å². The first-order valence-corrected chi connectivity index (χ1v) is 7.32. The second-order valence-corrected chi connectivity index (χ2v) is 6.16. The Morgan fingerprint density at radius 1 is 1.32 bits per heavy atom. The van der Waals surface area contributed by atoms with Gasteiger partial charge >= 0.3 is 5.97 Å². The normalized spacial score (nSPS) is 15.6. The van der Waals surface area contributed by atoms with Crippen molar-refractivity contribution in [1.29, 1.82) is 0 Å². The number of carboxylic acid groups (broad SMARTS) is 1. The van der Waals surface area contributed by atoms with Crippen LogP contribution in [0.15, 0.2) is 30.5 Å². The van der Waals surface area contributed by atoms with E-state index in [2.05, 4.69) is 30.6 Å². The molecule has 1 aromatic rings. The number of allylic oxidation sites excluding steroid dienone is 1. The van der Waals surface area contributed by atoms with Crippen LogP contribution in [-0.2, 0) is 15.0 Å². The van der Waals surface area contributed by atoms with Gasteiger partial charge in [0.2, 0.25) is 5.91 Å². The Hall–Kier alpha value is -2.30. The van der Waals surface area contributed by atoms with Crippen LogP contribution in [0.2, 0.25) is 0 Å². The second-order valence-electron chi connectivity index (χ2n) is 6.16. The third kappa shape index (κ3) is 2.98. The molecule has 1 aliphatic heterocycles. The number of rotatable bonds is 5. The largest absolute Gasteiger partial charge is 0.481 e. The minimum Gasteiger partial charge on any atom is -0.481 e. The molecule has 0 spiro atoms. The lowest BCUT2D eigenvalue weighted by molar-refractivity contribution is -0.137. The molecule has 0 saturated heterocycles. The highest BCUT2D eigenvalue weighted by atomic mass is 16.4. The molecule has 1 amide bonds. The van der Waals surface area contributed by atoms with Gasteiger partial charge in [-0.15, -0.1) is 0 Å². The smallest absolute Gasteiger partial charge is 0.303 e. The number of carbonyl (C=O) groups is 2. The first kappa shape index (κ1) is 16.1. The van der Waals surface area contributed by atoms with E-state index in [9.17, 15) is 9.59 Å². The van der Waals surface area contributed by atoms with Crippen molar-refractivity contribution in [2.75, 3.05) is 17.3 Å². The number of carbonyl (C=O) groups excluding carboxylic acids is 1. The van der Waals surface area contributed by atoms with Gasteiger partial charge in [-0.25, -0.2) is 0 Å². The van der Waals surface area contributed by atoms with E-state index in [4.69, 9.17) is 5.11 Å². The topological polar surface area (TPSA) is 69.6 Å². The third-order valence-electron chi connectivity index (χ3n) is 4.24. The van der Waals surface area contributed by atoms with Crippen LogP contribution in [0, 0.1) is 0 Å². The fraction of sp³-hybridized carbons (Fsp3) is 0.412. The number of nitrogens with one attached hydrogen (secondary N) is 1. The van der Waals surface area contributed by atoms with E-state index in [0.29, 0.717) is 6.42 Å². The molecule has 5 nitrogen and oxygen atoms in total. The zero-order valence-electron chi connectivity index (χ0n) is 13.3. The summed E-state index contributed by atoms with van der Waals surface area (Å²) in [4.78, 5) is 24.4. The van der Waals surface area contributed by atoms with Crippen molar-refractivity contribution < 1.29 is 14.7 Å². The number of nitrogens with zero attached hydrogens (tertiary/aromatic N) is 1. The van der Waals surface area contributed by atoms with Crippen LogP contribution in [0.25, 0.3) is 0 Å². The lowest BCUT2D eigenvalue weighted by atomic mass is 9.84. The zero-order chi connectivity index (χ0) is 16.5. The average Bonchev–Trinajstić information content (AvgIpc) is 2.60. The van der Waals surface area contributed by atoms with Crippen LogP contribution in [-0.4, -0.2) is 24.0 Å². The molecule has 118 valence electrons. The summed E-state index contributed by atoms with van der Waals surface area (Å²) in [5, 5.41) is 11.4. The highest BCUT2D eigenvalue weighted by Crippen LogP contribution is 2.46. The summed E-state index contributed by atoms with van der Waals surface area (Å²) in [5.74, 6) is -1.04. The van der Waals surface area contributed by atoms with Crippen molar-refractivity contribution in [2.45, 2.75) is 38.5 Å². The lowest BCUT2D eigenvalue weighted by Crippen LogP contribution is -2.21. The minimum atomic E-state index is -0.881. The van der Waals surface area contributed by atoms with E-state index in [1.807, 2.05) is 25.2 Å². The maximum atomic E-state index is 11.9. The van der Waals surface area contributed by atoms with Crippen LogP contribution < -0.4 is 10.2 Å². The molecule has 1 heterocycles. The van der Waals surface area contributed by atoms with Gasteiger partial charge in [-0.3, -0.25) is 9.59 Å². The maximum absolute atomic E-state index is 11.9. The quantitative estimate of drug-likeness (QED) is 0.876. The van der Waals surface area contributed by atoms with Crippen molar-refractivity contribution in [1.82, 2.24) is 0 Å². The fourth-order valence-electron chi connectivity index (χ4n) is 2.75. The molecule has 5 heteroatoms. The number of carboxylic acids is 1. The van der Waals surface area contributed by atoms with Crippen molar-refractivity contribution in [3.8, 4) is 0 Å². The number of benzene rings is 1. The van der Waals surface area contributed by atoms with E-state index in [1.54, 1.807) is 0 Å². The molecule has 0 saturated carbocycles. The van der Waals surface area contributed by atoms with Gasteiger partial charge in [0.15, 0.2) is 0 Å². The van der Waals surface area contributed by atoms with Crippen LogP contribution >= 0.6 is 0 Å². The summed E-state index contributed by atoms with van der Waals surface area (Å²) < 4.78 is 0. The molecule has 0 atom stereocenters. The van der Waals surface area contributed by atoms with Gasteiger partial charge in [0.25, 0.3) is 0 Å². The standard InChI is InChI=1S/C17H22N2O3/c1-11-17(2,3)13-10-12(8-9-14(13)19(11)4)18-15(20)6-5-7-16(21)22/h8-10H,1,5-7H2,2-4H3,(H,18,20)(H,21,22). The van der Waals surface area contributed by atoms with E-state index in [-0.39, 0.29) is 24.2 Å². The van der Waals surface area contributed by atoms with Gasteiger partial charge in [0.1, 0.15) is 0 Å². The van der Waals surface area contributed by atoms with Gasteiger partial charge in [-0.2, -0.15) is 0 Å². The Balaban J connectivity index is 2.10. The summed E-state index contributed by atoms with van der Waals surface area (Å²) in [6.45, 7) is 8.35. The van der Waals surface area contributed by atoms with Crippen LogP contribution in [0.1, 0.15) is 38.7 Å². The van der Waals surface area contributed by atoms with Crippen molar-refractivity contribution >= 4 is 23.3 Å². The summed E-state index contributed by atoms with van der Waals surface area (Å²) >= 11 is 0. The second kappa shape index (κ2) is 5.83. The summed E-state index contributed by atoms with van der Waals surface area (Å²) in [6.07, 6.45) is 0.561.